The van der Waals surface area contributed by atoms with Crippen LogP contribution in [0.4, 0.5) is 0 Å². The second-order valence-corrected chi connectivity index (χ2v) is 13.5. The van der Waals surface area contributed by atoms with Gasteiger partial charge in [-0.15, -0.1) is 0 Å². The van der Waals surface area contributed by atoms with E-state index in [9.17, 15) is 22.8 Å². The van der Waals surface area contributed by atoms with Gasteiger partial charge in [0.2, 0.25) is 11.8 Å². The molecule has 3 amide bonds. The smallest absolute Gasteiger partial charge is 0.264 e. The van der Waals surface area contributed by atoms with Gasteiger partial charge in [0.05, 0.1) is 22.6 Å². The number of nitrogens with one attached hydrogen (secondary N) is 3. The lowest BCUT2D eigenvalue weighted by Gasteiger charge is -2.38. The van der Waals surface area contributed by atoms with E-state index in [1.54, 1.807) is 14.1 Å². The van der Waals surface area contributed by atoms with Gasteiger partial charge in [0.1, 0.15) is 6.04 Å². The maximum atomic E-state index is 13.6. The molecule has 0 aliphatic heterocycles. The molecule has 0 heterocycles. The Hall–Kier alpha value is -4.01. The van der Waals surface area contributed by atoms with Crippen LogP contribution in [0.25, 0.3) is 0 Å². The van der Waals surface area contributed by atoms with Crippen molar-refractivity contribution >= 4 is 27.7 Å². The van der Waals surface area contributed by atoms with Crippen molar-refractivity contribution < 1.29 is 22.8 Å². The van der Waals surface area contributed by atoms with Crippen molar-refractivity contribution in [3.63, 3.8) is 0 Å². The molecule has 0 fully saturated rings. The van der Waals surface area contributed by atoms with E-state index in [-0.39, 0.29) is 34.4 Å². The van der Waals surface area contributed by atoms with Gasteiger partial charge in [-0.3, -0.25) is 14.4 Å². The second-order valence-electron chi connectivity index (χ2n) is 11.8. The third-order valence-corrected chi connectivity index (χ3v) is 8.42. The van der Waals surface area contributed by atoms with Crippen LogP contribution in [0.15, 0.2) is 71.1 Å². The Kier molecular flexibility index (Phi) is 11.2. The maximum absolute atomic E-state index is 13.6. The minimum atomic E-state index is -4.21. The topological polar surface area (TPSA) is 148 Å². The van der Waals surface area contributed by atoms with Crippen LogP contribution < -0.4 is 15.4 Å². The molecule has 2 aromatic rings. The summed E-state index contributed by atoms with van der Waals surface area (Å²) in [6.45, 7) is 10.9. The van der Waals surface area contributed by atoms with Gasteiger partial charge < -0.3 is 15.5 Å². The Labute approximate surface area is 249 Å². The van der Waals surface area contributed by atoms with Crippen molar-refractivity contribution in [2.75, 3.05) is 20.6 Å². The molecule has 11 heteroatoms. The van der Waals surface area contributed by atoms with Gasteiger partial charge in [-0.1, -0.05) is 77.1 Å². The zero-order chi connectivity index (χ0) is 31.9. The molecule has 2 rings (SSSR count). The van der Waals surface area contributed by atoms with Gasteiger partial charge in [-0.05, 0) is 43.1 Å². The molecule has 3 N–H and O–H groups in total. The van der Waals surface area contributed by atoms with Gasteiger partial charge in [0, 0.05) is 24.6 Å². The summed E-state index contributed by atoms with van der Waals surface area (Å²) in [5.41, 5.74) is -0.0399. The number of rotatable bonds is 11. The van der Waals surface area contributed by atoms with E-state index >= 15 is 0 Å². The van der Waals surface area contributed by atoms with Crippen LogP contribution in [-0.4, -0.2) is 63.8 Å². The Balaban J connectivity index is 2.17. The Morgan fingerprint density at radius 2 is 1.62 bits per heavy atom. The molecule has 0 aliphatic rings. The quantitative estimate of drug-likeness (QED) is 0.338. The predicted octanol–water partition coefficient (Wildman–Crippen LogP) is 2.86. The van der Waals surface area contributed by atoms with Crippen molar-refractivity contribution in [1.82, 2.24) is 20.3 Å². The molecule has 0 bridgehead atoms. The molecular formula is C31H41N5O5S. The molecule has 0 spiro atoms. The number of carbonyl (C=O) groups excluding carboxylic acids is 3. The molecule has 2 aromatic carbocycles. The lowest BCUT2D eigenvalue weighted by Crippen LogP contribution is -2.60. The average Bonchev–Trinajstić information content (AvgIpc) is 2.93. The van der Waals surface area contributed by atoms with Crippen LogP contribution in [0.2, 0.25) is 0 Å². The molecule has 0 aliphatic carbocycles. The van der Waals surface area contributed by atoms with Crippen LogP contribution in [0.3, 0.4) is 0 Å². The fourth-order valence-electron chi connectivity index (χ4n) is 4.40. The predicted molar refractivity (Wildman–Crippen MR) is 162 cm³/mol. The molecule has 1 unspecified atom stereocenters. The molecule has 10 nitrogen and oxygen atoms in total. The third kappa shape index (κ3) is 8.50. The second kappa shape index (κ2) is 13.8. The first-order valence-electron chi connectivity index (χ1n) is 13.5. The minimum Gasteiger partial charge on any atom is -0.342 e. The van der Waals surface area contributed by atoms with Crippen molar-refractivity contribution in [3.8, 4) is 6.07 Å². The molecular weight excluding hydrogens is 554 g/mol. The van der Waals surface area contributed by atoms with E-state index in [1.165, 1.54) is 42.2 Å². The van der Waals surface area contributed by atoms with Crippen LogP contribution in [0.1, 0.15) is 52.7 Å². The first-order chi connectivity index (χ1) is 19.4. The van der Waals surface area contributed by atoms with Crippen LogP contribution >= 0.6 is 0 Å². The van der Waals surface area contributed by atoms with Crippen LogP contribution in [0.5, 0.6) is 0 Å². The summed E-state index contributed by atoms with van der Waals surface area (Å²) in [5.74, 6) is -1.56. The maximum Gasteiger partial charge on any atom is 0.264 e. The lowest BCUT2D eigenvalue weighted by atomic mass is 9.76. The Morgan fingerprint density at radius 3 is 2.17 bits per heavy atom. The van der Waals surface area contributed by atoms with Gasteiger partial charge in [-0.25, -0.2) is 13.1 Å². The molecule has 0 radical (unpaired) electrons. The number of carbonyl (C=O) groups is 3. The normalized spacial score (nSPS) is 13.8. The Morgan fingerprint density at radius 1 is 1.00 bits per heavy atom. The molecule has 0 saturated heterocycles. The highest BCUT2D eigenvalue weighted by atomic mass is 32.2. The van der Waals surface area contributed by atoms with Crippen molar-refractivity contribution in [1.29, 1.82) is 5.26 Å². The number of nitrogens with zero attached hydrogens (tertiary/aromatic N) is 2. The highest BCUT2D eigenvalue weighted by Crippen LogP contribution is 2.28. The number of hydrogen-bond acceptors (Lipinski definition) is 7. The van der Waals surface area contributed by atoms with Gasteiger partial charge in [0.25, 0.3) is 15.9 Å². The fraction of sp³-hybridized carbons (Fsp3) is 0.419. The Bertz CT molecular complexity index is 1470. The SMILES string of the molecule is CN[C@H](C(=O)NC(C(=O)N(C)C/C=C(\C)C(=O)NS(=O)(=O)c1cccc(C#N)c1)C(C)(C)C)C(C)(C)c1ccccc1. The zero-order valence-corrected chi connectivity index (χ0v) is 26.3. The van der Waals surface area contributed by atoms with Gasteiger partial charge >= 0.3 is 0 Å². The highest BCUT2D eigenvalue weighted by Gasteiger charge is 2.40. The van der Waals surface area contributed by atoms with E-state index < -0.39 is 38.8 Å². The summed E-state index contributed by atoms with van der Waals surface area (Å²) >= 11 is 0. The largest absolute Gasteiger partial charge is 0.342 e. The monoisotopic (exact) mass is 595 g/mol. The number of hydrogen-bond donors (Lipinski definition) is 3. The number of sulfonamides is 1. The number of benzene rings is 2. The molecule has 0 aromatic heterocycles. The lowest BCUT2D eigenvalue weighted by molar-refractivity contribution is -0.139. The zero-order valence-electron chi connectivity index (χ0n) is 25.5. The summed E-state index contributed by atoms with van der Waals surface area (Å²) in [4.78, 5) is 40.9. The minimum absolute atomic E-state index is 0.00450. The van der Waals surface area contributed by atoms with E-state index in [4.69, 9.17) is 5.26 Å². The first-order valence-corrected chi connectivity index (χ1v) is 15.0. The van der Waals surface area contributed by atoms with Crippen molar-refractivity contribution in [2.45, 2.75) is 63.9 Å². The van der Waals surface area contributed by atoms with E-state index in [1.807, 2.05) is 75.7 Å². The molecule has 2 atom stereocenters. The van der Waals surface area contributed by atoms with E-state index in [0.717, 1.165) is 5.56 Å². The van der Waals surface area contributed by atoms with Crippen molar-refractivity contribution in [3.05, 3.63) is 77.4 Å². The van der Waals surface area contributed by atoms with Gasteiger partial charge in [-0.2, -0.15) is 5.26 Å². The molecule has 0 saturated carbocycles. The van der Waals surface area contributed by atoms with E-state index in [2.05, 4.69) is 10.6 Å². The van der Waals surface area contributed by atoms with Crippen LogP contribution in [0, 0.1) is 16.7 Å². The van der Waals surface area contributed by atoms with E-state index in [0.29, 0.717) is 0 Å². The number of likely N-dealkylation sites (N-methyl/N-ethyl adjacent to an activating group) is 2. The first kappa shape index (κ1) is 34.2. The van der Waals surface area contributed by atoms with Crippen molar-refractivity contribution in [2.24, 2.45) is 5.41 Å². The third-order valence-electron chi connectivity index (χ3n) is 7.10. The number of nitriles is 1. The summed E-state index contributed by atoms with van der Waals surface area (Å²) in [5, 5.41) is 15.1. The highest BCUT2D eigenvalue weighted by molar-refractivity contribution is 7.90. The summed E-state index contributed by atoms with van der Waals surface area (Å²) in [6.07, 6.45) is 1.44. The fourth-order valence-corrected chi connectivity index (χ4v) is 5.46. The number of amides is 3. The molecule has 226 valence electrons. The summed E-state index contributed by atoms with van der Waals surface area (Å²) < 4.78 is 27.2. The standard InChI is InChI=1S/C31H41N5O5S/c1-21(27(37)35-42(40,41)24-16-12-13-22(19-24)20-32)17-18-36(8)29(39)26(30(2,3)4)34-28(38)25(33-7)31(5,6)23-14-10-9-11-15-23/h9-17,19,25-26,33H,18H2,1-8H3,(H,34,38)(H,35,37)/b21-17+/t25-,26?/m1/s1. The summed E-state index contributed by atoms with van der Waals surface area (Å²) in [7, 11) is -0.960. The summed E-state index contributed by atoms with van der Waals surface area (Å²) in [6, 6.07) is 15.3. The van der Waals surface area contributed by atoms with Gasteiger partial charge in [0.15, 0.2) is 0 Å². The van der Waals surface area contributed by atoms with Crippen LogP contribution in [-0.2, 0) is 29.8 Å². The average molecular weight is 596 g/mol. The molecule has 42 heavy (non-hydrogen) atoms.